The Morgan fingerprint density at radius 1 is 1.40 bits per heavy atom. The van der Waals surface area contributed by atoms with Crippen LogP contribution in [0.5, 0.6) is 5.75 Å². The van der Waals surface area contributed by atoms with Crippen molar-refractivity contribution in [3.8, 4) is 5.75 Å². The summed E-state index contributed by atoms with van der Waals surface area (Å²) in [6, 6.07) is 4.01. The fourth-order valence-electron chi connectivity index (χ4n) is 1.49. The molecule has 0 aliphatic carbocycles. The van der Waals surface area contributed by atoms with Gasteiger partial charge in [-0.3, -0.25) is 0 Å². The van der Waals surface area contributed by atoms with E-state index in [4.69, 9.17) is 16.3 Å². The van der Waals surface area contributed by atoms with Crippen LogP contribution in [0.2, 0.25) is 5.02 Å². The Morgan fingerprint density at radius 3 is 2.73 bits per heavy atom. The molecule has 0 saturated heterocycles. The van der Waals surface area contributed by atoms with Crippen molar-refractivity contribution in [1.82, 2.24) is 5.32 Å². The molecule has 3 heteroatoms. The number of hydrogen-bond donors (Lipinski definition) is 1. The summed E-state index contributed by atoms with van der Waals surface area (Å²) in [4.78, 5) is 0. The quantitative estimate of drug-likeness (QED) is 0.835. The minimum absolute atomic E-state index is 0.648. The third kappa shape index (κ3) is 3.40. The van der Waals surface area contributed by atoms with E-state index in [0.29, 0.717) is 11.6 Å². The molecule has 0 aliphatic rings. The van der Waals surface area contributed by atoms with Gasteiger partial charge in [0.25, 0.3) is 0 Å². The largest absolute Gasteiger partial charge is 0.492 e. The van der Waals surface area contributed by atoms with Crippen molar-refractivity contribution in [2.45, 2.75) is 20.3 Å². The number of halogens is 1. The molecule has 15 heavy (non-hydrogen) atoms. The first-order chi connectivity index (χ1) is 7.19. The molecular formula is C12H18ClNO. The van der Waals surface area contributed by atoms with Crippen molar-refractivity contribution in [1.29, 1.82) is 0 Å². The molecule has 0 aliphatic heterocycles. The fraction of sp³-hybridized carbons (Fsp3) is 0.500. The molecule has 1 aromatic rings. The summed E-state index contributed by atoms with van der Waals surface area (Å²) in [5, 5.41) is 3.83. The highest BCUT2D eigenvalue weighted by Gasteiger charge is 2.06. The highest BCUT2D eigenvalue weighted by molar-refractivity contribution is 6.32. The highest BCUT2D eigenvalue weighted by Crippen LogP contribution is 2.28. The van der Waals surface area contributed by atoms with Gasteiger partial charge in [0.15, 0.2) is 0 Å². The number of benzene rings is 1. The van der Waals surface area contributed by atoms with E-state index >= 15 is 0 Å². The first-order valence-corrected chi connectivity index (χ1v) is 5.63. The summed E-state index contributed by atoms with van der Waals surface area (Å²) < 4.78 is 5.43. The minimum atomic E-state index is 0.648. The number of likely N-dealkylation sites (N-methyl/N-ethyl adjacent to an activating group) is 1. The van der Waals surface area contributed by atoms with E-state index in [9.17, 15) is 0 Å². The molecule has 84 valence electrons. The summed E-state index contributed by atoms with van der Waals surface area (Å²) in [5.74, 6) is 0.782. The van der Waals surface area contributed by atoms with Gasteiger partial charge in [-0.1, -0.05) is 11.6 Å². The maximum Gasteiger partial charge on any atom is 0.138 e. The summed E-state index contributed by atoms with van der Waals surface area (Å²) in [7, 11) is 1.95. The predicted octanol–water partition coefficient (Wildman–Crippen LogP) is 2.81. The lowest BCUT2D eigenvalue weighted by Crippen LogP contribution is -2.11. The van der Waals surface area contributed by atoms with E-state index in [2.05, 4.69) is 12.2 Å². The molecule has 0 bridgehead atoms. The summed E-state index contributed by atoms with van der Waals surface area (Å²) in [6.45, 7) is 5.66. The van der Waals surface area contributed by atoms with Crippen LogP contribution in [0.1, 0.15) is 18.1 Å². The lowest BCUT2D eigenvalue weighted by molar-refractivity contribution is 0.340. The molecule has 0 unspecified atom stereocenters. The molecule has 0 amide bonds. The second kappa shape index (κ2) is 5.99. The molecule has 0 aromatic heterocycles. The van der Waals surface area contributed by atoms with Gasteiger partial charge < -0.3 is 10.1 Å². The maximum atomic E-state index is 6.11. The van der Waals surface area contributed by atoms with Gasteiger partial charge in [-0.2, -0.15) is 0 Å². The molecule has 1 N–H and O–H groups in total. The van der Waals surface area contributed by atoms with E-state index in [-0.39, 0.29) is 0 Å². The van der Waals surface area contributed by atoms with Crippen LogP contribution < -0.4 is 10.1 Å². The van der Waals surface area contributed by atoms with Crippen molar-refractivity contribution in [3.63, 3.8) is 0 Å². The summed E-state index contributed by atoms with van der Waals surface area (Å²) >= 11 is 6.11. The third-order valence-corrected chi connectivity index (χ3v) is 2.63. The smallest absolute Gasteiger partial charge is 0.138 e. The van der Waals surface area contributed by atoms with Crippen molar-refractivity contribution in [2.75, 3.05) is 20.2 Å². The third-order valence-electron chi connectivity index (χ3n) is 2.33. The number of hydrogen-bond acceptors (Lipinski definition) is 2. The average Bonchev–Trinajstić information content (AvgIpc) is 2.21. The van der Waals surface area contributed by atoms with E-state index < -0.39 is 0 Å². The number of ether oxygens (including phenoxy) is 1. The average molecular weight is 228 g/mol. The van der Waals surface area contributed by atoms with E-state index in [0.717, 1.165) is 18.7 Å². The zero-order valence-electron chi connectivity index (χ0n) is 9.56. The first kappa shape index (κ1) is 12.3. The van der Waals surface area contributed by atoms with Crippen LogP contribution in [0, 0.1) is 6.92 Å². The first-order valence-electron chi connectivity index (χ1n) is 5.25. The molecule has 0 heterocycles. The predicted molar refractivity (Wildman–Crippen MR) is 65.0 cm³/mol. The Labute approximate surface area is 96.6 Å². The van der Waals surface area contributed by atoms with E-state index in [1.54, 1.807) is 0 Å². The topological polar surface area (TPSA) is 21.3 Å². The van der Waals surface area contributed by atoms with Crippen LogP contribution >= 0.6 is 11.6 Å². The Bertz CT molecular complexity index is 326. The van der Waals surface area contributed by atoms with Crippen LogP contribution in [-0.2, 0) is 6.42 Å². The van der Waals surface area contributed by atoms with Crippen LogP contribution in [0.4, 0.5) is 0 Å². The van der Waals surface area contributed by atoms with Crippen LogP contribution in [0.3, 0.4) is 0 Å². The van der Waals surface area contributed by atoms with Gasteiger partial charge in [0.1, 0.15) is 5.75 Å². The maximum absolute atomic E-state index is 6.11. The normalized spacial score (nSPS) is 10.4. The van der Waals surface area contributed by atoms with Crippen molar-refractivity contribution < 1.29 is 4.74 Å². The van der Waals surface area contributed by atoms with Crippen LogP contribution in [-0.4, -0.2) is 20.2 Å². The second-order valence-electron chi connectivity index (χ2n) is 3.50. The van der Waals surface area contributed by atoms with Gasteiger partial charge in [0, 0.05) is 0 Å². The summed E-state index contributed by atoms with van der Waals surface area (Å²) in [6.07, 6.45) is 0.995. The van der Waals surface area contributed by atoms with Crippen molar-refractivity contribution >= 4 is 11.6 Å². The minimum Gasteiger partial charge on any atom is -0.492 e. The van der Waals surface area contributed by atoms with Gasteiger partial charge in [-0.25, -0.2) is 0 Å². The molecule has 1 aromatic carbocycles. The zero-order valence-corrected chi connectivity index (χ0v) is 10.3. The summed E-state index contributed by atoms with van der Waals surface area (Å²) in [5.41, 5.74) is 2.51. The molecule has 0 fully saturated rings. The van der Waals surface area contributed by atoms with Gasteiger partial charge in [0.2, 0.25) is 0 Å². The standard InChI is InChI=1S/C12H18ClNO/c1-4-15-12-7-9(2)10(5-6-14-3)8-11(12)13/h7-8,14H,4-6H2,1-3H3. The van der Waals surface area contributed by atoms with E-state index in [1.165, 1.54) is 11.1 Å². The van der Waals surface area contributed by atoms with Crippen LogP contribution in [0.15, 0.2) is 12.1 Å². The fourth-order valence-corrected chi connectivity index (χ4v) is 1.73. The number of aryl methyl sites for hydroxylation is 1. The monoisotopic (exact) mass is 227 g/mol. The lowest BCUT2D eigenvalue weighted by Gasteiger charge is -2.11. The zero-order chi connectivity index (χ0) is 11.3. The molecule has 0 radical (unpaired) electrons. The Balaban J connectivity index is 2.87. The van der Waals surface area contributed by atoms with Gasteiger partial charge in [0.05, 0.1) is 11.6 Å². The van der Waals surface area contributed by atoms with Gasteiger partial charge >= 0.3 is 0 Å². The highest BCUT2D eigenvalue weighted by atomic mass is 35.5. The molecular weight excluding hydrogens is 210 g/mol. The molecule has 0 saturated carbocycles. The van der Waals surface area contributed by atoms with Crippen LogP contribution in [0.25, 0.3) is 0 Å². The lowest BCUT2D eigenvalue weighted by atomic mass is 10.1. The SMILES string of the molecule is CCOc1cc(C)c(CCNC)cc1Cl. The van der Waals surface area contributed by atoms with Gasteiger partial charge in [-0.15, -0.1) is 0 Å². The molecule has 0 atom stereocenters. The Kier molecular flexibility index (Phi) is 4.92. The Morgan fingerprint density at radius 2 is 2.13 bits per heavy atom. The Hall–Kier alpha value is -0.730. The van der Waals surface area contributed by atoms with E-state index in [1.807, 2.05) is 26.1 Å². The van der Waals surface area contributed by atoms with Gasteiger partial charge in [-0.05, 0) is 57.1 Å². The van der Waals surface area contributed by atoms with Crippen molar-refractivity contribution in [2.24, 2.45) is 0 Å². The number of nitrogens with one attached hydrogen (secondary N) is 1. The molecule has 0 spiro atoms. The van der Waals surface area contributed by atoms with Crippen molar-refractivity contribution in [3.05, 3.63) is 28.3 Å². The number of rotatable bonds is 5. The molecule has 2 nitrogen and oxygen atoms in total. The second-order valence-corrected chi connectivity index (χ2v) is 3.90. The molecule has 1 rings (SSSR count).